The number of aliphatic hydroxyl groups excluding tert-OH is 1. The average Bonchev–Trinajstić information content (AvgIpc) is 2.80. The number of halogens is 1. The molecule has 0 bridgehead atoms. The number of fused-ring (bicyclic) bond motifs is 1. The summed E-state index contributed by atoms with van der Waals surface area (Å²) in [4.78, 5) is 36.2. The normalized spacial score (nSPS) is 13.1. The van der Waals surface area contributed by atoms with E-state index in [2.05, 4.69) is 10.0 Å². The third-order valence-corrected chi connectivity index (χ3v) is 6.57. The van der Waals surface area contributed by atoms with Crippen molar-refractivity contribution in [1.82, 2.24) is 4.72 Å². The molecule has 3 N–H and O–H groups in total. The molecular weight excluding hydrogens is 516 g/mol. The average molecular weight is 539 g/mol. The van der Waals surface area contributed by atoms with Gasteiger partial charge in [-0.15, -0.1) is 0 Å². The number of nitrogens with one attached hydrogen (secondary N) is 2. The van der Waals surface area contributed by atoms with Gasteiger partial charge in [-0.05, 0) is 50.2 Å². The van der Waals surface area contributed by atoms with Crippen molar-refractivity contribution in [2.75, 3.05) is 11.9 Å². The molecule has 0 saturated heterocycles. The fourth-order valence-corrected chi connectivity index (χ4v) is 4.53. The Balaban J connectivity index is 1.78. The summed E-state index contributed by atoms with van der Waals surface area (Å²) >= 11 is 5.78. The van der Waals surface area contributed by atoms with E-state index >= 15 is 0 Å². The summed E-state index contributed by atoms with van der Waals surface area (Å²) in [5, 5.41) is 13.2. The van der Waals surface area contributed by atoms with Gasteiger partial charge in [0, 0.05) is 33.8 Å². The minimum absolute atomic E-state index is 0.110. The number of hydrogen-bond donors (Lipinski definition) is 3. The van der Waals surface area contributed by atoms with Gasteiger partial charge in [-0.3, -0.25) is 10.1 Å². The molecule has 192 valence electrons. The van der Waals surface area contributed by atoms with Crippen LogP contribution in [0, 0.1) is 0 Å². The zero-order valence-corrected chi connectivity index (χ0v) is 20.8. The summed E-state index contributed by atoms with van der Waals surface area (Å²) < 4.78 is 42.6. The third-order valence-electron chi connectivity index (χ3n) is 4.86. The van der Waals surface area contributed by atoms with Gasteiger partial charge in [0.1, 0.15) is 18.2 Å². The van der Waals surface area contributed by atoms with Gasteiger partial charge in [-0.1, -0.05) is 11.6 Å². The number of hydrogen-bond acceptors (Lipinski definition) is 9. The van der Waals surface area contributed by atoms with Gasteiger partial charge in [0.25, 0.3) is 0 Å². The fourth-order valence-electron chi connectivity index (χ4n) is 3.14. The molecule has 2 aromatic carbocycles. The van der Waals surface area contributed by atoms with Crippen molar-refractivity contribution in [3.05, 3.63) is 69.5 Å². The molecule has 36 heavy (non-hydrogen) atoms. The van der Waals surface area contributed by atoms with Crippen LogP contribution in [0.3, 0.4) is 0 Å². The topological polar surface area (TPSA) is 161 Å². The van der Waals surface area contributed by atoms with Crippen molar-refractivity contribution < 1.29 is 37.0 Å². The lowest BCUT2D eigenvalue weighted by Gasteiger charge is -2.20. The van der Waals surface area contributed by atoms with E-state index in [9.17, 15) is 27.9 Å². The van der Waals surface area contributed by atoms with Gasteiger partial charge in [0.05, 0.1) is 17.6 Å². The SMILES string of the molecule is CCOC(=O)Nc1ccc2c(COC(=O)C(NS(=O)(=O)c3ccc(Cl)cc3)C(C)O)cc(=O)oc2c1. The van der Waals surface area contributed by atoms with Crippen LogP contribution < -0.4 is 15.7 Å². The Labute approximate surface area is 211 Å². The van der Waals surface area contributed by atoms with E-state index in [1.165, 1.54) is 43.3 Å². The monoisotopic (exact) mass is 538 g/mol. The summed E-state index contributed by atoms with van der Waals surface area (Å²) in [5.74, 6) is -1.07. The molecule has 0 radical (unpaired) electrons. The van der Waals surface area contributed by atoms with Crippen LogP contribution in [0.4, 0.5) is 10.5 Å². The maximum Gasteiger partial charge on any atom is 0.411 e. The first-order valence-electron chi connectivity index (χ1n) is 10.6. The van der Waals surface area contributed by atoms with Crippen LogP contribution in [0.5, 0.6) is 0 Å². The van der Waals surface area contributed by atoms with Crippen LogP contribution in [-0.4, -0.2) is 44.3 Å². The van der Waals surface area contributed by atoms with Crippen LogP contribution in [0.15, 0.2) is 62.6 Å². The maximum absolute atomic E-state index is 12.7. The third kappa shape index (κ3) is 6.82. The van der Waals surface area contributed by atoms with E-state index in [0.717, 1.165) is 6.07 Å². The molecule has 0 spiro atoms. The van der Waals surface area contributed by atoms with Gasteiger partial charge in [0.15, 0.2) is 0 Å². The van der Waals surface area contributed by atoms with E-state index in [1.54, 1.807) is 13.0 Å². The quantitative estimate of drug-likeness (QED) is 0.275. The Morgan fingerprint density at radius 3 is 2.44 bits per heavy atom. The summed E-state index contributed by atoms with van der Waals surface area (Å²) in [6, 6.07) is 9.18. The minimum atomic E-state index is -4.19. The minimum Gasteiger partial charge on any atom is -0.460 e. The molecule has 1 heterocycles. The van der Waals surface area contributed by atoms with Crippen LogP contribution in [0.25, 0.3) is 11.0 Å². The summed E-state index contributed by atoms with van der Waals surface area (Å²) in [6.07, 6.45) is -2.12. The van der Waals surface area contributed by atoms with Crippen molar-refractivity contribution in [1.29, 1.82) is 0 Å². The number of benzene rings is 2. The molecule has 0 aliphatic heterocycles. The Bertz CT molecular complexity index is 1420. The van der Waals surface area contributed by atoms with E-state index in [0.29, 0.717) is 16.1 Å². The molecule has 0 saturated carbocycles. The number of carbonyl (C=O) groups excluding carboxylic acids is 2. The number of aliphatic hydroxyl groups is 1. The second-order valence-corrected chi connectivity index (χ2v) is 9.70. The number of carbonyl (C=O) groups is 2. The van der Waals surface area contributed by atoms with Crippen molar-refractivity contribution in [3.63, 3.8) is 0 Å². The second kappa shape index (κ2) is 11.5. The maximum atomic E-state index is 12.7. The molecule has 3 rings (SSSR count). The molecule has 0 fully saturated rings. The number of ether oxygens (including phenoxy) is 2. The predicted molar refractivity (Wildman–Crippen MR) is 130 cm³/mol. The Hall–Kier alpha value is -3.45. The Morgan fingerprint density at radius 2 is 1.81 bits per heavy atom. The first-order valence-corrected chi connectivity index (χ1v) is 12.5. The highest BCUT2D eigenvalue weighted by Crippen LogP contribution is 2.22. The lowest BCUT2D eigenvalue weighted by molar-refractivity contribution is -0.149. The molecular formula is C23H23ClN2O9S. The van der Waals surface area contributed by atoms with Crippen LogP contribution in [0.1, 0.15) is 19.4 Å². The standard InChI is InChI=1S/C23H23ClN2O9S/c1-3-33-23(30)25-16-6-9-18-14(10-20(28)35-19(18)11-16)12-34-22(29)21(13(2)27)26-36(31,32)17-7-4-15(24)5-8-17/h4-11,13,21,26-27H,3,12H2,1-2H3,(H,25,30). The van der Waals surface area contributed by atoms with Crippen molar-refractivity contribution in [2.45, 2.75) is 37.5 Å². The molecule has 1 amide bonds. The largest absolute Gasteiger partial charge is 0.460 e. The van der Waals surface area contributed by atoms with Crippen LogP contribution in [-0.2, 0) is 30.9 Å². The van der Waals surface area contributed by atoms with E-state index in [-0.39, 0.29) is 22.6 Å². The fraction of sp³-hybridized carbons (Fsp3) is 0.261. The zero-order chi connectivity index (χ0) is 26.5. The molecule has 0 aliphatic rings. The molecule has 3 aromatic rings. The summed E-state index contributed by atoms with van der Waals surface area (Å²) in [6.45, 7) is 2.63. The number of amides is 1. The van der Waals surface area contributed by atoms with Crippen molar-refractivity contribution in [2.24, 2.45) is 0 Å². The van der Waals surface area contributed by atoms with Crippen molar-refractivity contribution >= 4 is 50.3 Å². The molecule has 13 heteroatoms. The summed E-state index contributed by atoms with van der Waals surface area (Å²) in [5.41, 5.74) is -0.0538. The van der Waals surface area contributed by atoms with Gasteiger partial charge in [-0.2, -0.15) is 4.72 Å². The van der Waals surface area contributed by atoms with Gasteiger partial charge < -0.3 is 19.0 Å². The molecule has 11 nitrogen and oxygen atoms in total. The summed E-state index contributed by atoms with van der Waals surface area (Å²) in [7, 11) is -4.19. The van der Waals surface area contributed by atoms with Crippen LogP contribution in [0.2, 0.25) is 5.02 Å². The predicted octanol–water partition coefficient (Wildman–Crippen LogP) is 2.79. The number of rotatable bonds is 9. The molecule has 0 aliphatic carbocycles. The van der Waals surface area contributed by atoms with Gasteiger partial charge in [-0.25, -0.2) is 18.0 Å². The highest BCUT2D eigenvalue weighted by atomic mass is 35.5. The lowest BCUT2D eigenvalue weighted by Crippen LogP contribution is -2.48. The first-order chi connectivity index (χ1) is 17.0. The smallest absolute Gasteiger partial charge is 0.411 e. The highest BCUT2D eigenvalue weighted by Gasteiger charge is 2.31. The molecule has 2 atom stereocenters. The van der Waals surface area contributed by atoms with Gasteiger partial charge in [0.2, 0.25) is 10.0 Å². The number of anilines is 1. The molecule has 1 aromatic heterocycles. The zero-order valence-electron chi connectivity index (χ0n) is 19.2. The Morgan fingerprint density at radius 1 is 1.11 bits per heavy atom. The molecule has 2 unspecified atom stereocenters. The lowest BCUT2D eigenvalue weighted by atomic mass is 10.1. The number of sulfonamides is 1. The van der Waals surface area contributed by atoms with E-state index in [4.69, 9.17) is 25.5 Å². The van der Waals surface area contributed by atoms with E-state index in [1.807, 2.05) is 0 Å². The Kier molecular flexibility index (Phi) is 8.69. The first kappa shape index (κ1) is 27.1. The van der Waals surface area contributed by atoms with Gasteiger partial charge >= 0.3 is 17.7 Å². The number of esters is 1. The second-order valence-electron chi connectivity index (χ2n) is 7.55. The van der Waals surface area contributed by atoms with Crippen molar-refractivity contribution in [3.8, 4) is 0 Å². The highest BCUT2D eigenvalue weighted by molar-refractivity contribution is 7.89. The van der Waals surface area contributed by atoms with E-state index < -0.39 is 46.5 Å². The van der Waals surface area contributed by atoms with Crippen LogP contribution >= 0.6 is 11.6 Å².